The van der Waals surface area contributed by atoms with E-state index in [9.17, 15) is 22.0 Å². The number of hydrogen-bond acceptors (Lipinski definition) is 3. The van der Waals surface area contributed by atoms with Crippen LogP contribution >= 0.6 is 0 Å². The number of amides is 1. The van der Waals surface area contributed by atoms with Gasteiger partial charge in [0.25, 0.3) is 0 Å². The Hall–Kier alpha value is -1.50. The fourth-order valence-corrected chi connectivity index (χ4v) is 2.57. The number of hydrogen-bond donors (Lipinski definition) is 1. The van der Waals surface area contributed by atoms with Crippen molar-refractivity contribution in [2.24, 2.45) is 0 Å². The minimum absolute atomic E-state index is 0.416. The van der Waals surface area contributed by atoms with E-state index in [0.717, 1.165) is 12.1 Å². The quantitative estimate of drug-likeness (QED) is 0.847. The van der Waals surface area contributed by atoms with Crippen LogP contribution in [-0.4, -0.2) is 25.6 Å². The fourth-order valence-electron chi connectivity index (χ4n) is 1.43. The molecule has 0 aromatic heterocycles. The average molecular weight is 305 g/mol. The zero-order chi connectivity index (χ0) is 15.6. The first-order valence-corrected chi connectivity index (χ1v) is 7.71. The average Bonchev–Trinajstić information content (AvgIpc) is 2.31. The van der Waals surface area contributed by atoms with Crippen LogP contribution in [0.15, 0.2) is 23.1 Å². The van der Waals surface area contributed by atoms with Crippen LogP contribution in [0.2, 0.25) is 0 Å². The Balaban J connectivity index is 2.90. The van der Waals surface area contributed by atoms with Gasteiger partial charge in [0.2, 0.25) is 5.91 Å². The van der Waals surface area contributed by atoms with Crippen LogP contribution in [0, 0.1) is 11.6 Å². The van der Waals surface area contributed by atoms with Crippen molar-refractivity contribution in [3.8, 4) is 0 Å². The minimum Gasteiger partial charge on any atom is -0.350 e. The Kier molecular flexibility index (Phi) is 4.86. The standard InChI is InChI=1S/C13H17F2NO3S/c1-4-13(2,3)16-12(17)8-20(18,19)9-5-6-10(14)11(15)7-9/h5-7H,4,8H2,1-3H3,(H,16,17). The van der Waals surface area contributed by atoms with Crippen LogP contribution in [0.25, 0.3) is 0 Å². The molecule has 4 nitrogen and oxygen atoms in total. The summed E-state index contributed by atoms with van der Waals surface area (Å²) in [5, 5.41) is 2.57. The molecule has 7 heteroatoms. The van der Waals surface area contributed by atoms with Crippen molar-refractivity contribution in [3.63, 3.8) is 0 Å². The van der Waals surface area contributed by atoms with Gasteiger partial charge in [-0.15, -0.1) is 0 Å². The zero-order valence-corrected chi connectivity index (χ0v) is 12.4. The summed E-state index contributed by atoms with van der Waals surface area (Å²) in [4.78, 5) is 11.3. The van der Waals surface area contributed by atoms with Gasteiger partial charge in [-0.2, -0.15) is 0 Å². The number of rotatable bonds is 5. The zero-order valence-electron chi connectivity index (χ0n) is 11.5. The van der Waals surface area contributed by atoms with Crippen molar-refractivity contribution in [3.05, 3.63) is 29.8 Å². The van der Waals surface area contributed by atoms with E-state index in [1.54, 1.807) is 13.8 Å². The van der Waals surface area contributed by atoms with E-state index in [4.69, 9.17) is 0 Å². The Morgan fingerprint density at radius 1 is 1.25 bits per heavy atom. The van der Waals surface area contributed by atoms with Gasteiger partial charge in [0.1, 0.15) is 5.75 Å². The largest absolute Gasteiger partial charge is 0.350 e. The van der Waals surface area contributed by atoms with Gasteiger partial charge in [0, 0.05) is 5.54 Å². The summed E-state index contributed by atoms with van der Waals surface area (Å²) in [7, 11) is -4.00. The van der Waals surface area contributed by atoms with Crippen LogP contribution in [0.5, 0.6) is 0 Å². The van der Waals surface area contributed by atoms with Crippen LogP contribution in [0.3, 0.4) is 0 Å². The third-order valence-corrected chi connectivity index (χ3v) is 4.55. The van der Waals surface area contributed by atoms with Crippen molar-refractivity contribution in [2.75, 3.05) is 5.75 Å². The second-order valence-corrected chi connectivity index (χ2v) is 7.11. The molecule has 1 rings (SSSR count). The molecule has 0 spiro atoms. The lowest BCUT2D eigenvalue weighted by atomic mass is 10.0. The van der Waals surface area contributed by atoms with Gasteiger partial charge in [0.05, 0.1) is 4.90 Å². The number of benzene rings is 1. The maximum Gasteiger partial charge on any atom is 0.235 e. The van der Waals surface area contributed by atoms with Gasteiger partial charge in [-0.25, -0.2) is 17.2 Å². The summed E-state index contributed by atoms with van der Waals surface area (Å²) in [5.41, 5.74) is -0.527. The predicted molar refractivity (Wildman–Crippen MR) is 70.9 cm³/mol. The normalized spacial score (nSPS) is 12.2. The molecule has 0 fully saturated rings. The van der Waals surface area contributed by atoms with Crippen LogP contribution < -0.4 is 5.32 Å². The molecule has 0 heterocycles. The number of halogens is 2. The molecule has 0 aliphatic carbocycles. The van der Waals surface area contributed by atoms with E-state index >= 15 is 0 Å². The highest BCUT2D eigenvalue weighted by Gasteiger charge is 2.24. The number of nitrogens with one attached hydrogen (secondary N) is 1. The molecule has 0 aliphatic heterocycles. The topological polar surface area (TPSA) is 63.2 Å². The van der Waals surface area contributed by atoms with Crippen molar-refractivity contribution in [1.82, 2.24) is 5.32 Å². The molecular formula is C13H17F2NO3S. The molecule has 0 aliphatic rings. The Morgan fingerprint density at radius 3 is 2.35 bits per heavy atom. The van der Waals surface area contributed by atoms with E-state index in [-0.39, 0.29) is 0 Å². The van der Waals surface area contributed by atoms with Gasteiger partial charge >= 0.3 is 0 Å². The molecule has 1 amide bonds. The molecule has 20 heavy (non-hydrogen) atoms. The lowest BCUT2D eigenvalue weighted by Gasteiger charge is -2.24. The third kappa shape index (κ3) is 4.26. The van der Waals surface area contributed by atoms with Crippen LogP contribution in [-0.2, 0) is 14.6 Å². The Morgan fingerprint density at radius 2 is 1.85 bits per heavy atom. The molecule has 1 N–H and O–H groups in total. The van der Waals surface area contributed by atoms with Crippen molar-refractivity contribution < 1.29 is 22.0 Å². The van der Waals surface area contributed by atoms with Gasteiger partial charge in [-0.05, 0) is 38.5 Å². The highest BCUT2D eigenvalue weighted by molar-refractivity contribution is 7.92. The lowest BCUT2D eigenvalue weighted by molar-refractivity contribution is -0.120. The van der Waals surface area contributed by atoms with E-state index in [1.165, 1.54) is 0 Å². The summed E-state index contributed by atoms with van der Waals surface area (Å²) in [5.74, 6) is -3.89. The SMILES string of the molecule is CCC(C)(C)NC(=O)CS(=O)(=O)c1ccc(F)c(F)c1. The van der Waals surface area contributed by atoms with Gasteiger partial charge in [0.15, 0.2) is 21.5 Å². The predicted octanol–water partition coefficient (Wildman–Crippen LogP) is 2.04. The first-order chi connectivity index (χ1) is 9.07. The van der Waals surface area contributed by atoms with Gasteiger partial charge in [-0.3, -0.25) is 4.79 Å². The highest BCUT2D eigenvalue weighted by atomic mass is 32.2. The maximum atomic E-state index is 13.0. The first-order valence-electron chi connectivity index (χ1n) is 6.06. The molecule has 1 aromatic carbocycles. The molecule has 1 aromatic rings. The van der Waals surface area contributed by atoms with E-state index in [1.807, 2.05) is 6.92 Å². The molecule has 0 saturated carbocycles. The van der Waals surface area contributed by atoms with E-state index in [0.29, 0.717) is 12.5 Å². The summed E-state index contributed by atoms with van der Waals surface area (Å²) in [6.45, 7) is 5.37. The Bertz CT molecular complexity index is 612. The van der Waals surface area contributed by atoms with Crippen LogP contribution in [0.1, 0.15) is 27.2 Å². The lowest BCUT2D eigenvalue weighted by Crippen LogP contribution is -2.45. The number of carbonyl (C=O) groups excluding carboxylic acids is 1. The van der Waals surface area contributed by atoms with Crippen molar-refractivity contribution in [2.45, 2.75) is 37.6 Å². The van der Waals surface area contributed by atoms with E-state index < -0.39 is 43.6 Å². The summed E-state index contributed by atoms with van der Waals surface area (Å²) < 4.78 is 49.7. The molecular weight excluding hydrogens is 288 g/mol. The summed E-state index contributed by atoms with van der Waals surface area (Å²) in [6, 6.07) is 2.23. The fraction of sp³-hybridized carbons (Fsp3) is 0.462. The first kappa shape index (κ1) is 16.6. The van der Waals surface area contributed by atoms with Crippen LogP contribution in [0.4, 0.5) is 8.78 Å². The number of sulfone groups is 1. The smallest absolute Gasteiger partial charge is 0.235 e. The molecule has 0 saturated heterocycles. The highest BCUT2D eigenvalue weighted by Crippen LogP contribution is 2.16. The monoisotopic (exact) mass is 305 g/mol. The molecule has 112 valence electrons. The van der Waals surface area contributed by atoms with E-state index in [2.05, 4.69) is 5.32 Å². The number of carbonyl (C=O) groups is 1. The molecule has 0 unspecified atom stereocenters. The van der Waals surface area contributed by atoms with Gasteiger partial charge in [-0.1, -0.05) is 6.92 Å². The second kappa shape index (κ2) is 5.87. The summed E-state index contributed by atoms with van der Waals surface area (Å²) in [6.07, 6.45) is 0.629. The molecule has 0 atom stereocenters. The van der Waals surface area contributed by atoms with Crippen molar-refractivity contribution >= 4 is 15.7 Å². The third-order valence-electron chi connectivity index (χ3n) is 2.93. The molecule has 0 radical (unpaired) electrons. The second-order valence-electron chi connectivity index (χ2n) is 5.12. The maximum absolute atomic E-state index is 13.0. The van der Waals surface area contributed by atoms with Gasteiger partial charge < -0.3 is 5.32 Å². The van der Waals surface area contributed by atoms with Crippen molar-refractivity contribution in [1.29, 1.82) is 0 Å². The molecule has 0 bridgehead atoms. The Labute approximate surface area is 117 Å². The summed E-state index contributed by atoms with van der Waals surface area (Å²) >= 11 is 0. The minimum atomic E-state index is -4.00.